The molecule has 0 radical (unpaired) electrons. The highest BCUT2D eigenvalue weighted by Gasteiger charge is 2.54. The molecular weight excluding hydrogens is 119 g/mol. The Morgan fingerprint density at radius 1 is 1.11 bits per heavy atom. The molecule has 0 aliphatic heterocycles. The van der Waals surface area contributed by atoms with Crippen molar-refractivity contribution in [3.8, 4) is 0 Å². The van der Waals surface area contributed by atoms with Crippen LogP contribution in [0.5, 0.6) is 0 Å². The maximum absolute atomic E-state index is 13.0. The minimum atomic E-state index is -1.78. The molecule has 1 N–H and O–H groups in total. The highest BCUT2D eigenvalue weighted by atomic mass is 19.2. The number of halogens is 1. The molecule has 1 nitrogen and oxygen atoms in total. The van der Waals surface area contributed by atoms with E-state index in [2.05, 4.69) is 0 Å². The summed E-state index contributed by atoms with van der Waals surface area (Å²) >= 11 is 0. The van der Waals surface area contributed by atoms with E-state index in [9.17, 15) is 4.39 Å². The third kappa shape index (κ3) is 0.855. The number of hydrogen-bond acceptors (Lipinski definition) is 1. The first kappa shape index (κ1) is 5.66. The van der Waals surface area contributed by atoms with Crippen LogP contribution in [0.1, 0.15) is 25.7 Å². The molecule has 0 aromatic rings. The summed E-state index contributed by atoms with van der Waals surface area (Å²) in [6.45, 7) is 0. The topological polar surface area (TPSA) is 20.2 Å². The van der Waals surface area contributed by atoms with E-state index in [1.807, 2.05) is 0 Å². The third-order valence-electron chi connectivity index (χ3n) is 2.30. The molecule has 2 fully saturated rings. The Bertz CT molecular complexity index is 111. The second-order valence-electron chi connectivity index (χ2n) is 3.28. The average Bonchev–Trinajstić information content (AvgIpc) is 2.62. The number of rotatable bonds is 2. The summed E-state index contributed by atoms with van der Waals surface area (Å²) < 4.78 is 13.0. The summed E-state index contributed by atoms with van der Waals surface area (Å²) in [7, 11) is 0. The Labute approximate surface area is 53.9 Å². The molecule has 0 aromatic carbocycles. The molecule has 2 aliphatic rings. The lowest BCUT2D eigenvalue weighted by Gasteiger charge is -2.16. The van der Waals surface area contributed by atoms with E-state index in [1.54, 1.807) is 0 Å². The van der Waals surface area contributed by atoms with Gasteiger partial charge in [0.15, 0.2) is 0 Å². The van der Waals surface area contributed by atoms with E-state index >= 15 is 0 Å². The van der Waals surface area contributed by atoms with Gasteiger partial charge in [-0.15, -0.1) is 0 Å². The fourth-order valence-corrected chi connectivity index (χ4v) is 1.31. The normalized spacial score (nSPS) is 28.7. The van der Waals surface area contributed by atoms with Crippen LogP contribution in [0.3, 0.4) is 0 Å². The van der Waals surface area contributed by atoms with Crippen LogP contribution in [0.2, 0.25) is 0 Å². The minimum absolute atomic E-state index is 0.00926. The van der Waals surface area contributed by atoms with Crippen LogP contribution in [0, 0.1) is 11.8 Å². The molecule has 0 spiro atoms. The average molecular weight is 130 g/mol. The van der Waals surface area contributed by atoms with Crippen molar-refractivity contribution in [2.45, 2.75) is 31.5 Å². The van der Waals surface area contributed by atoms with Crippen molar-refractivity contribution < 1.29 is 9.50 Å². The number of hydrogen-bond donors (Lipinski definition) is 1. The van der Waals surface area contributed by atoms with Crippen LogP contribution >= 0.6 is 0 Å². The van der Waals surface area contributed by atoms with E-state index < -0.39 is 5.85 Å². The summed E-state index contributed by atoms with van der Waals surface area (Å²) in [5, 5.41) is 9.13. The molecule has 2 rings (SSSR count). The Balaban J connectivity index is 2.01. The van der Waals surface area contributed by atoms with Crippen molar-refractivity contribution in [2.75, 3.05) is 0 Å². The molecular formula is C7H11FO. The van der Waals surface area contributed by atoms with Gasteiger partial charge in [0.25, 0.3) is 0 Å². The molecule has 0 aromatic heterocycles. The maximum atomic E-state index is 13.0. The lowest BCUT2D eigenvalue weighted by Crippen LogP contribution is -2.27. The van der Waals surface area contributed by atoms with Crippen molar-refractivity contribution in [3.05, 3.63) is 0 Å². The highest BCUT2D eigenvalue weighted by molar-refractivity contribution is 4.97. The van der Waals surface area contributed by atoms with Gasteiger partial charge >= 0.3 is 0 Å². The van der Waals surface area contributed by atoms with Gasteiger partial charge in [0.2, 0.25) is 5.85 Å². The Hall–Kier alpha value is -0.110. The van der Waals surface area contributed by atoms with Crippen LogP contribution < -0.4 is 0 Å². The Morgan fingerprint density at radius 3 is 1.67 bits per heavy atom. The van der Waals surface area contributed by atoms with Gasteiger partial charge in [-0.05, 0) is 25.7 Å². The molecule has 0 heterocycles. The first-order chi connectivity index (χ1) is 4.21. The van der Waals surface area contributed by atoms with E-state index in [0.29, 0.717) is 0 Å². The van der Waals surface area contributed by atoms with Crippen molar-refractivity contribution >= 4 is 0 Å². The summed E-state index contributed by atoms with van der Waals surface area (Å²) in [6.07, 6.45) is 3.57. The van der Waals surface area contributed by atoms with Gasteiger partial charge in [-0.2, -0.15) is 0 Å². The molecule has 2 heteroatoms. The lowest BCUT2D eigenvalue weighted by atomic mass is 10.1. The zero-order valence-corrected chi connectivity index (χ0v) is 5.31. The van der Waals surface area contributed by atoms with Crippen LogP contribution in [0.15, 0.2) is 0 Å². The van der Waals surface area contributed by atoms with E-state index in [-0.39, 0.29) is 11.8 Å². The zero-order valence-electron chi connectivity index (χ0n) is 5.31. The van der Waals surface area contributed by atoms with Gasteiger partial charge in [0.1, 0.15) is 0 Å². The molecule has 0 unspecified atom stereocenters. The smallest absolute Gasteiger partial charge is 0.212 e. The van der Waals surface area contributed by atoms with Gasteiger partial charge in [0, 0.05) is 11.8 Å². The second kappa shape index (κ2) is 1.48. The fraction of sp³-hybridized carbons (Fsp3) is 1.00. The minimum Gasteiger partial charge on any atom is -0.361 e. The summed E-state index contributed by atoms with van der Waals surface area (Å²) in [5.74, 6) is -1.80. The van der Waals surface area contributed by atoms with E-state index in [4.69, 9.17) is 5.11 Å². The molecule has 0 amide bonds. The molecule has 2 saturated carbocycles. The quantitative estimate of drug-likeness (QED) is 0.600. The summed E-state index contributed by atoms with van der Waals surface area (Å²) in [6, 6.07) is 0. The molecule has 52 valence electrons. The predicted molar refractivity (Wildman–Crippen MR) is 31.5 cm³/mol. The zero-order chi connectivity index (χ0) is 6.48. The molecule has 0 atom stereocenters. The second-order valence-corrected chi connectivity index (χ2v) is 3.28. The monoisotopic (exact) mass is 130 g/mol. The molecule has 0 bridgehead atoms. The van der Waals surface area contributed by atoms with E-state index in [0.717, 1.165) is 25.7 Å². The van der Waals surface area contributed by atoms with Gasteiger partial charge in [-0.1, -0.05) is 0 Å². The van der Waals surface area contributed by atoms with Crippen LogP contribution in [-0.2, 0) is 0 Å². The largest absolute Gasteiger partial charge is 0.361 e. The Morgan fingerprint density at radius 2 is 1.44 bits per heavy atom. The Kier molecular flexibility index (Phi) is 0.933. The first-order valence-corrected chi connectivity index (χ1v) is 3.62. The van der Waals surface area contributed by atoms with Crippen molar-refractivity contribution in [1.82, 2.24) is 0 Å². The maximum Gasteiger partial charge on any atom is 0.212 e. The van der Waals surface area contributed by atoms with Gasteiger partial charge in [0.05, 0.1) is 0 Å². The van der Waals surface area contributed by atoms with Gasteiger partial charge in [-0.25, -0.2) is 4.39 Å². The third-order valence-corrected chi connectivity index (χ3v) is 2.30. The van der Waals surface area contributed by atoms with Crippen molar-refractivity contribution in [2.24, 2.45) is 11.8 Å². The van der Waals surface area contributed by atoms with Crippen molar-refractivity contribution in [3.63, 3.8) is 0 Å². The van der Waals surface area contributed by atoms with Crippen LogP contribution in [-0.4, -0.2) is 11.0 Å². The molecule has 2 aliphatic carbocycles. The predicted octanol–water partition coefficient (Wildman–Crippen LogP) is 1.46. The number of alkyl halides is 1. The van der Waals surface area contributed by atoms with Gasteiger partial charge in [-0.3, -0.25) is 0 Å². The molecule has 0 saturated heterocycles. The van der Waals surface area contributed by atoms with Crippen LogP contribution in [0.25, 0.3) is 0 Å². The lowest BCUT2D eigenvalue weighted by molar-refractivity contribution is -0.125. The number of aliphatic hydroxyl groups is 1. The fourth-order valence-electron chi connectivity index (χ4n) is 1.31. The summed E-state index contributed by atoms with van der Waals surface area (Å²) in [4.78, 5) is 0. The molecule has 9 heavy (non-hydrogen) atoms. The highest BCUT2D eigenvalue weighted by Crippen LogP contribution is 2.52. The van der Waals surface area contributed by atoms with Gasteiger partial charge < -0.3 is 5.11 Å². The summed E-state index contributed by atoms with van der Waals surface area (Å²) in [5.41, 5.74) is 0. The van der Waals surface area contributed by atoms with Crippen LogP contribution in [0.4, 0.5) is 4.39 Å². The SMILES string of the molecule is OC(F)(C1CC1)C1CC1. The van der Waals surface area contributed by atoms with E-state index in [1.165, 1.54) is 0 Å². The first-order valence-electron chi connectivity index (χ1n) is 3.62. The van der Waals surface area contributed by atoms with Crippen molar-refractivity contribution in [1.29, 1.82) is 0 Å². The standard InChI is InChI=1S/C7H11FO/c8-7(9,5-1-2-5)6-3-4-6/h5-6,9H,1-4H2.